The summed E-state index contributed by atoms with van der Waals surface area (Å²) in [6.45, 7) is 0. The molecular weight excluding hydrogens is 337 g/mol. The zero-order valence-electron chi connectivity index (χ0n) is 11.3. The van der Waals surface area contributed by atoms with Gasteiger partial charge in [-0.05, 0) is 46.3 Å². The number of halogens is 2. The molecule has 1 unspecified atom stereocenters. The van der Waals surface area contributed by atoms with Crippen molar-refractivity contribution in [3.05, 3.63) is 64.5 Å². The van der Waals surface area contributed by atoms with Crippen LogP contribution in [0.25, 0.3) is 16.6 Å². The van der Waals surface area contributed by atoms with Gasteiger partial charge < -0.3 is 14.4 Å². The lowest BCUT2D eigenvalue weighted by molar-refractivity contribution is -0.0768. The second kappa shape index (κ2) is 5.60. The van der Waals surface area contributed by atoms with Crippen molar-refractivity contribution in [1.82, 2.24) is 4.57 Å². The van der Waals surface area contributed by atoms with E-state index in [1.165, 1.54) is 19.2 Å². The highest BCUT2D eigenvalue weighted by molar-refractivity contribution is 9.10. The maximum Gasteiger partial charge on any atom is 0.180 e. The third-order valence-electron chi connectivity index (χ3n) is 3.39. The molecule has 0 bridgehead atoms. The van der Waals surface area contributed by atoms with Gasteiger partial charge in [0.1, 0.15) is 5.82 Å². The number of aliphatic hydroxyl groups is 1. The van der Waals surface area contributed by atoms with Gasteiger partial charge in [0.2, 0.25) is 0 Å². The van der Waals surface area contributed by atoms with E-state index < -0.39 is 6.29 Å². The Bertz CT molecular complexity index is 783. The molecule has 2 aromatic carbocycles. The second-order valence-corrected chi connectivity index (χ2v) is 5.54. The molecular formula is C16H13BrFNO2. The molecule has 0 aliphatic carbocycles. The van der Waals surface area contributed by atoms with E-state index in [1.807, 2.05) is 29.0 Å². The predicted octanol–water partition coefficient (Wildman–Crippen LogP) is 4.17. The first kappa shape index (κ1) is 14.3. The first-order valence-electron chi connectivity index (χ1n) is 6.37. The Morgan fingerprint density at radius 2 is 1.90 bits per heavy atom. The van der Waals surface area contributed by atoms with Crippen LogP contribution in [0.5, 0.6) is 0 Å². The van der Waals surface area contributed by atoms with Gasteiger partial charge in [0.25, 0.3) is 0 Å². The minimum absolute atomic E-state index is 0.273. The van der Waals surface area contributed by atoms with Crippen LogP contribution in [0.3, 0.4) is 0 Å². The van der Waals surface area contributed by atoms with Crippen LogP contribution in [-0.4, -0.2) is 16.8 Å². The average Bonchev–Trinajstić information content (AvgIpc) is 2.84. The van der Waals surface area contributed by atoms with Gasteiger partial charge in [-0.15, -0.1) is 0 Å². The zero-order valence-corrected chi connectivity index (χ0v) is 12.8. The van der Waals surface area contributed by atoms with Crippen molar-refractivity contribution in [2.24, 2.45) is 0 Å². The SMILES string of the molecule is COC(O)c1ccc2c(Br)cn(-c3ccc(F)cc3)c2c1. The number of aliphatic hydroxyl groups excluding tert-OH is 1. The fraction of sp³-hybridized carbons (Fsp3) is 0.125. The summed E-state index contributed by atoms with van der Waals surface area (Å²) in [5, 5.41) is 10.8. The van der Waals surface area contributed by atoms with Gasteiger partial charge in [-0.3, -0.25) is 0 Å². The minimum Gasteiger partial charge on any atom is -0.364 e. The van der Waals surface area contributed by atoms with Crippen LogP contribution in [0, 0.1) is 5.82 Å². The topological polar surface area (TPSA) is 34.4 Å². The third kappa shape index (κ3) is 2.60. The monoisotopic (exact) mass is 349 g/mol. The number of hydrogen-bond acceptors (Lipinski definition) is 2. The van der Waals surface area contributed by atoms with Gasteiger partial charge in [0.05, 0.1) is 5.52 Å². The molecule has 21 heavy (non-hydrogen) atoms. The number of rotatable bonds is 3. The fourth-order valence-corrected chi connectivity index (χ4v) is 2.85. The van der Waals surface area contributed by atoms with E-state index in [1.54, 1.807) is 12.1 Å². The second-order valence-electron chi connectivity index (χ2n) is 4.69. The molecule has 0 aliphatic rings. The lowest BCUT2D eigenvalue weighted by Gasteiger charge is -2.10. The summed E-state index contributed by atoms with van der Waals surface area (Å²) in [7, 11) is 1.45. The molecule has 5 heteroatoms. The van der Waals surface area contributed by atoms with Crippen molar-refractivity contribution >= 4 is 26.8 Å². The zero-order chi connectivity index (χ0) is 15.0. The largest absolute Gasteiger partial charge is 0.364 e. The smallest absolute Gasteiger partial charge is 0.180 e. The molecule has 1 aromatic heterocycles. The van der Waals surface area contributed by atoms with Crippen LogP contribution in [0.2, 0.25) is 0 Å². The molecule has 0 saturated carbocycles. The van der Waals surface area contributed by atoms with Crippen molar-refractivity contribution in [2.45, 2.75) is 6.29 Å². The Kier molecular flexibility index (Phi) is 3.80. The van der Waals surface area contributed by atoms with Crippen LogP contribution in [0.15, 0.2) is 53.1 Å². The van der Waals surface area contributed by atoms with Gasteiger partial charge in [-0.25, -0.2) is 4.39 Å². The Hall–Kier alpha value is -1.69. The Morgan fingerprint density at radius 1 is 1.19 bits per heavy atom. The van der Waals surface area contributed by atoms with Gasteiger partial charge in [-0.1, -0.05) is 12.1 Å². The first-order chi connectivity index (χ1) is 10.1. The summed E-state index contributed by atoms with van der Waals surface area (Å²) in [6, 6.07) is 11.8. The van der Waals surface area contributed by atoms with Crippen molar-refractivity contribution in [3.8, 4) is 5.69 Å². The Labute approximate surface area is 129 Å². The van der Waals surface area contributed by atoms with E-state index >= 15 is 0 Å². The molecule has 3 aromatic rings. The standard InChI is InChI=1S/C16H13BrFNO2/c1-21-16(20)10-2-7-13-14(17)9-19(15(13)8-10)12-5-3-11(18)4-6-12/h2-9,16,20H,1H3. The van der Waals surface area contributed by atoms with E-state index in [4.69, 9.17) is 4.74 Å². The summed E-state index contributed by atoms with van der Waals surface area (Å²) in [6.07, 6.45) is 0.950. The third-order valence-corrected chi connectivity index (χ3v) is 4.03. The summed E-state index contributed by atoms with van der Waals surface area (Å²) < 4.78 is 20.9. The molecule has 108 valence electrons. The normalized spacial score (nSPS) is 12.8. The lowest BCUT2D eigenvalue weighted by Crippen LogP contribution is -2.00. The van der Waals surface area contributed by atoms with Crippen molar-refractivity contribution < 1.29 is 14.2 Å². The van der Waals surface area contributed by atoms with Crippen LogP contribution >= 0.6 is 15.9 Å². The van der Waals surface area contributed by atoms with Crippen LogP contribution < -0.4 is 0 Å². The van der Waals surface area contributed by atoms with E-state index in [9.17, 15) is 9.50 Å². The number of aromatic nitrogens is 1. The van der Waals surface area contributed by atoms with Crippen molar-refractivity contribution in [2.75, 3.05) is 7.11 Å². The molecule has 1 heterocycles. The van der Waals surface area contributed by atoms with E-state index in [-0.39, 0.29) is 5.82 Å². The highest BCUT2D eigenvalue weighted by Gasteiger charge is 2.12. The quantitative estimate of drug-likeness (QED) is 0.720. The summed E-state index contributed by atoms with van der Waals surface area (Å²) in [4.78, 5) is 0. The Balaban J connectivity index is 2.20. The first-order valence-corrected chi connectivity index (χ1v) is 7.17. The fourth-order valence-electron chi connectivity index (χ4n) is 2.31. The summed E-state index contributed by atoms with van der Waals surface area (Å²) >= 11 is 3.52. The number of benzene rings is 2. The molecule has 0 amide bonds. The minimum atomic E-state index is -0.968. The molecule has 3 rings (SSSR count). The number of nitrogens with zero attached hydrogens (tertiary/aromatic N) is 1. The number of fused-ring (bicyclic) bond motifs is 1. The molecule has 0 radical (unpaired) electrons. The number of methoxy groups -OCH3 is 1. The van der Waals surface area contributed by atoms with Gasteiger partial charge >= 0.3 is 0 Å². The van der Waals surface area contributed by atoms with E-state index in [0.717, 1.165) is 21.1 Å². The van der Waals surface area contributed by atoms with Crippen LogP contribution in [0.1, 0.15) is 11.9 Å². The van der Waals surface area contributed by atoms with E-state index in [0.29, 0.717) is 5.56 Å². The molecule has 0 spiro atoms. The molecule has 0 saturated heterocycles. The van der Waals surface area contributed by atoms with Gasteiger partial charge in [0.15, 0.2) is 6.29 Å². The number of ether oxygens (including phenoxy) is 1. The van der Waals surface area contributed by atoms with Crippen LogP contribution in [0.4, 0.5) is 4.39 Å². The molecule has 0 aliphatic heterocycles. The van der Waals surface area contributed by atoms with Crippen LogP contribution in [-0.2, 0) is 4.74 Å². The highest BCUT2D eigenvalue weighted by atomic mass is 79.9. The van der Waals surface area contributed by atoms with Crippen molar-refractivity contribution in [1.29, 1.82) is 0 Å². The molecule has 1 atom stereocenters. The summed E-state index contributed by atoms with van der Waals surface area (Å²) in [5.74, 6) is -0.273. The van der Waals surface area contributed by atoms with E-state index in [2.05, 4.69) is 15.9 Å². The van der Waals surface area contributed by atoms with Crippen molar-refractivity contribution in [3.63, 3.8) is 0 Å². The highest BCUT2D eigenvalue weighted by Crippen LogP contribution is 2.31. The van der Waals surface area contributed by atoms with Gasteiger partial charge in [-0.2, -0.15) is 0 Å². The molecule has 3 nitrogen and oxygen atoms in total. The molecule has 1 N–H and O–H groups in total. The Morgan fingerprint density at radius 3 is 2.57 bits per heavy atom. The predicted molar refractivity (Wildman–Crippen MR) is 82.9 cm³/mol. The maximum absolute atomic E-state index is 13.1. The summed E-state index contributed by atoms with van der Waals surface area (Å²) in [5.41, 5.74) is 2.41. The maximum atomic E-state index is 13.1. The lowest BCUT2D eigenvalue weighted by atomic mass is 10.1. The average molecular weight is 350 g/mol. The van der Waals surface area contributed by atoms with Gasteiger partial charge in [0, 0.05) is 34.4 Å². The molecule has 0 fully saturated rings. The number of hydrogen-bond donors (Lipinski definition) is 1.